The van der Waals surface area contributed by atoms with Gasteiger partial charge in [-0.05, 0) is 37.5 Å². The number of para-hydroxylation sites is 1. The number of primary amides is 1. The van der Waals surface area contributed by atoms with Gasteiger partial charge in [0.2, 0.25) is 0 Å². The van der Waals surface area contributed by atoms with E-state index in [1.165, 1.54) is 25.5 Å². The molecule has 1 aromatic heterocycles. The van der Waals surface area contributed by atoms with Gasteiger partial charge >= 0.3 is 0 Å². The monoisotopic (exact) mass is 326 g/mol. The Labute approximate surface area is 141 Å². The van der Waals surface area contributed by atoms with Gasteiger partial charge < -0.3 is 20.4 Å². The van der Waals surface area contributed by atoms with Gasteiger partial charge in [0.1, 0.15) is 18.6 Å². The number of rotatable bonds is 4. The van der Waals surface area contributed by atoms with Crippen LogP contribution in [0, 0.1) is 0 Å². The molecule has 2 heterocycles. The highest BCUT2D eigenvalue weighted by Gasteiger charge is 2.15. The normalized spacial score (nSPS) is 15.3. The molecule has 1 aliphatic rings. The smallest absolute Gasteiger partial charge is 0.251 e. The van der Waals surface area contributed by atoms with Crippen molar-refractivity contribution in [1.29, 1.82) is 0 Å². The lowest BCUT2D eigenvalue weighted by Gasteiger charge is -2.30. The van der Waals surface area contributed by atoms with Crippen LogP contribution in [0.2, 0.25) is 0 Å². The molecule has 1 aliphatic heterocycles. The molecule has 0 radical (unpaired) electrons. The summed E-state index contributed by atoms with van der Waals surface area (Å²) >= 11 is 0. The third-order valence-corrected chi connectivity index (χ3v) is 4.01. The van der Waals surface area contributed by atoms with Gasteiger partial charge in [-0.25, -0.2) is 4.99 Å². The number of guanidine groups is 1. The third kappa shape index (κ3) is 4.16. The van der Waals surface area contributed by atoms with E-state index in [0.717, 1.165) is 24.7 Å². The van der Waals surface area contributed by atoms with Crippen LogP contribution in [0.5, 0.6) is 0 Å². The maximum Gasteiger partial charge on any atom is 0.251 e. The molecule has 3 rings (SSSR count). The SMILES string of the molecule is NC(=O)c1coc(CN=C(Nc2ccccc2)N2CCCCC2)c1. The average Bonchev–Trinajstić information content (AvgIpc) is 3.09. The summed E-state index contributed by atoms with van der Waals surface area (Å²) < 4.78 is 5.36. The van der Waals surface area contributed by atoms with Gasteiger partial charge in [0.05, 0.1) is 5.56 Å². The highest BCUT2D eigenvalue weighted by atomic mass is 16.3. The van der Waals surface area contributed by atoms with Crippen molar-refractivity contribution in [2.24, 2.45) is 10.7 Å². The fraction of sp³-hybridized carbons (Fsp3) is 0.333. The van der Waals surface area contributed by atoms with Crippen molar-refractivity contribution in [3.05, 3.63) is 54.0 Å². The molecule has 1 fully saturated rings. The molecule has 0 atom stereocenters. The largest absolute Gasteiger partial charge is 0.467 e. The predicted octanol–water partition coefficient (Wildman–Crippen LogP) is 2.83. The Hall–Kier alpha value is -2.76. The first-order valence-corrected chi connectivity index (χ1v) is 8.21. The number of furan rings is 1. The number of anilines is 1. The number of carbonyl (C=O) groups excluding carboxylic acids is 1. The van der Waals surface area contributed by atoms with Crippen molar-refractivity contribution < 1.29 is 9.21 Å². The van der Waals surface area contributed by atoms with E-state index >= 15 is 0 Å². The van der Waals surface area contributed by atoms with Crippen LogP contribution in [0.1, 0.15) is 35.4 Å². The number of hydrogen-bond acceptors (Lipinski definition) is 3. The number of carbonyl (C=O) groups is 1. The van der Waals surface area contributed by atoms with Gasteiger partial charge in [-0.1, -0.05) is 18.2 Å². The van der Waals surface area contributed by atoms with Crippen molar-refractivity contribution in [1.82, 2.24) is 4.90 Å². The summed E-state index contributed by atoms with van der Waals surface area (Å²) in [6.07, 6.45) is 4.97. The predicted molar refractivity (Wildman–Crippen MR) is 93.9 cm³/mol. The van der Waals surface area contributed by atoms with Gasteiger partial charge in [0.15, 0.2) is 5.96 Å². The number of nitrogens with two attached hydrogens (primary N) is 1. The van der Waals surface area contributed by atoms with Crippen LogP contribution in [-0.2, 0) is 6.54 Å². The van der Waals surface area contributed by atoms with Crippen LogP contribution in [0.15, 0.2) is 52.1 Å². The summed E-state index contributed by atoms with van der Waals surface area (Å²) in [5, 5.41) is 3.39. The summed E-state index contributed by atoms with van der Waals surface area (Å²) in [5.41, 5.74) is 6.62. The maximum absolute atomic E-state index is 11.1. The fourth-order valence-corrected chi connectivity index (χ4v) is 2.72. The van der Waals surface area contributed by atoms with E-state index < -0.39 is 5.91 Å². The van der Waals surface area contributed by atoms with Crippen molar-refractivity contribution in [3.8, 4) is 0 Å². The van der Waals surface area contributed by atoms with E-state index in [0.29, 0.717) is 17.9 Å². The summed E-state index contributed by atoms with van der Waals surface area (Å²) in [6.45, 7) is 2.34. The molecule has 6 heteroatoms. The minimum atomic E-state index is -0.493. The average molecular weight is 326 g/mol. The minimum Gasteiger partial charge on any atom is -0.467 e. The van der Waals surface area contributed by atoms with E-state index in [4.69, 9.17) is 10.2 Å². The van der Waals surface area contributed by atoms with Crippen molar-refractivity contribution in [2.45, 2.75) is 25.8 Å². The molecule has 24 heavy (non-hydrogen) atoms. The van der Waals surface area contributed by atoms with Crippen molar-refractivity contribution >= 4 is 17.6 Å². The van der Waals surface area contributed by atoms with Crippen LogP contribution in [0.3, 0.4) is 0 Å². The molecule has 0 spiro atoms. The zero-order chi connectivity index (χ0) is 16.8. The lowest BCUT2D eigenvalue weighted by atomic mass is 10.1. The number of aliphatic imine (C=N–C) groups is 1. The standard InChI is InChI=1S/C18H22N4O2/c19-17(23)14-11-16(24-13-14)12-20-18(22-9-5-2-6-10-22)21-15-7-3-1-4-8-15/h1,3-4,7-8,11,13H,2,5-6,9-10,12H2,(H2,19,23)(H,20,21). The molecular weight excluding hydrogens is 304 g/mol. The van der Waals surface area contributed by atoms with Crippen LogP contribution < -0.4 is 11.1 Å². The first-order chi connectivity index (χ1) is 11.7. The molecule has 0 saturated carbocycles. The molecule has 3 N–H and O–H groups in total. The Kier molecular flexibility index (Phi) is 5.15. The Morgan fingerprint density at radius 3 is 2.62 bits per heavy atom. The number of benzene rings is 1. The molecule has 6 nitrogen and oxygen atoms in total. The third-order valence-electron chi connectivity index (χ3n) is 4.01. The van der Waals surface area contributed by atoms with Gasteiger partial charge in [0, 0.05) is 18.8 Å². The van der Waals surface area contributed by atoms with E-state index in [2.05, 4.69) is 15.2 Å². The molecule has 126 valence electrons. The molecular formula is C18H22N4O2. The highest BCUT2D eigenvalue weighted by Crippen LogP contribution is 2.14. The van der Waals surface area contributed by atoms with Crippen LogP contribution in [0.4, 0.5) is 5.69 Å². The first kappa shape index (κ1) is 16.1. The Balaban J connectivity index is 1.75. The van der Waals surface area contributed by atoms with Crippen molar-refractivity contribution in [2.75, 3.05) is 18.4 Å². The number of likely N-dealkylation sites (tertiary alicyclic amines) is 1. The molecule has 1 amide bonds. The van der Waals surface area contributed by atoms with E-state index in [9.17, 15) is 4.79 Å². The second-order valence-corrected chi connectivity index (χ2v) is 5.84. The van der Waals surface area contributed by atoms with Crippen LogP contribution in [-0.4, -0.2) is 29.9 Å². The number of hydrogen-bond donors (Lipinski definition) is 2. The molecule has 1 saturated heterocycles. The summed E-state index contributed by atoms with van der Waals surface area (Å²) in [5.74, 6) is 0.957. The lowest BCUT2D eigenvalue weighted by Crippen LogP contribution is -2.40. The molecule has 0 aliphatic carbocycles. The fourth-order valence-electron chi connectivity index (χ4n) is 2.72. The van der Waals surface area contributed by atoms with E-state index in [1.807, 2.05) is 30.3 Å². The van der Waals surface area contributed by atoms with Gasteiger partial charge in [-0.3, -0.25) is 4.79 Å². The molecule has 0 unspecified atom stereocenters. The topological polar surface area (TPSA) is 83.9 Å². The molecule has 0 bridgehead atoms. The van der Waals surface area contributed by atoms with Gasteiger partial charge in [0.25, 0.3) is 5.91 Å². The first-order valence-electron chi connectivity index (χ1n) is 8.21. The highest BCUT2D eigenvalue weighted by molar-refractivity contribution is 5.94. The van der Waals surface area contributed by atoms with Gasteiger partial charge in [-0.2, -0.15) is 0 Å². The molecule has 2 aromatic rings. The zero-order valence-electron chi connectivity index (χ0n) is 13.6. The Morgan fingerprint density at radius 2 is 1.96 bits per heavy atom. The quantitative estimate of drug-likeness (QED) is 0.668. The maximum atomic E-state index is 11.1. The molecule has 1 aromatic carbocycles. The number of nitrogens with zero attached hydrogens (tertiary/aromatic N) is 2. The van der Waals surface area contributed by atoms with Crippen LogP contribution >= 0.6 is 0 Å². The Morgan fingerprint density at radius 1 is 1.21 bits per heavy atom. The lowest BCUT2D eigenvalue weighted by molar-refractivity contribution is 0.0999. The summed E-state index contributed by atoms with van der Waals surface area (Å²) in [4.78, 5) is 18.1. The number of piperidine rings is 1. The van der Waals surface area contributed by atoms with Crippen molar-refractivity contribution in [3.63, 3.8) is 0 Å². The second kappa shape index (κ2) is 7.68. The second-order valence-electron chi connectivity index (χ2n) is 5.84. The Bertz CT molecular complexity index is 703. The van der Waals surface area contributed by atoms with Gasteiger partial charge in [-0.15, -0.1) is 0 Å². The number of nitrogens with one attached hydrogen (secondary N) is 1. The summed E-state index contributed by atoms with van der Waals surface area (Å²) in [7, 11) is 0. The number of amides is 1. The minimum absolute atomic E-state index is 0.360. The zero-order valence-corrected chi connectivity index (χ0v) is 13.6. The van der Waals surface area contributed by atoms with E-state index in [-0.39, 0.29) is 0 Å². The van der Waals surface area contributed by atoms with Crippen LogP contribution in [0.25, 0.3) is 0 Å². The summed E-state index contributed by atoms with van der Waals surface area (Å²) in [6, 6.07) is 11.6. The van der Waals surface area contributed by atoms with E-state index in [1.54, 1.807) is 6.07 Å².